The average molecular weight is 418 g/mol. The zero-order chi connectivity index (χ0) is 21.3. The zero-order valence-electron chi connectivity index (χ0n) is 16.4. The smallest absolute Gasteiger partial charge is 0.278 e. The van der Waals surface area contributed by atoms with Crippen molar-refractivity contribution >= 4 is 17.5 Å². The predicted octanol–water partition coefficient (Wildman–Crippen LogP) is -0.687. The fourth-order valence-electron chi connectivity index (χ4n) is 3.98. The molecular formula is C19H26N6O5. The van der Waals surface area contributed by atoms with E-state index in [4.69, 9.17) is 10.5 Å². The average Bonchev–Trinajstić information content (AvgIpc) is 3.28. The van der Waals surface area contributed by atoms with Crippen molar-refractivity contribution in [2.24, 2.45) is 0 Å². The minimum Gasteiger partial charge on any atom is -0.394 e. The van der Waals surface area contributed by atoms with Crippen molar-refractivity contribution < 1.29 is 20.1 Å². The van der Waals surface area contributed by atoms with Crippen LogP contribution in [0.4, 0.5) is 17.5 Å². The summed E-state index contributed by atoms with van der Waals surface area (Å²) in [6, 6.07) is 3.60. The summed E-state index contributed by atoms with van der Waals surface area (Å²) in [5.74, 6) is 0.384. The molecular weight excluding hydrogens is 392 g/mol. The van der Waals surface area contributed by atoms with Crippen molar-refractivity contribution in [3.8, 4) is 0 Å². The molecule has 2 aromatic rings. The van der Waals surface area contributed by atoms with Gasteiger partial charge in [-0.3, -0.25) is 14.8 Å². The number of fused-ring (bicyclic) bond motifs is 1. The van der Waals surface area contributed by atoms with Crippen LogP contribution >= 0.6 is 0 Å². The molecule has 2 aliphatic heterocycles. The number of aliphatic hydroxyl groups excluding tert-OH is 3. The van der Waals surface area contributed by atoms with E-state index >= 15 is 0 Å². The third kappa shape index (κ3) is 3.97. The molecule has 0 spiro atoms. The molecule has 6 N–H and O–H groups in total. The Morgan fingerprint density at radius 2 is 2.27 bits per heavy atom. The second-order valence-corrected chi connectivity index (χ2v) is 7.56. The van der Waals surface area contributed by atoms with Crippen LogP contribution in [0.3, 0.4) is 0 Å². The monoisotopic (exact) mass is 418 g/mol. The van der Waals surface area contributed by atoms with Gasteiger partial charge >= 0.3 is 0 Å². The number of nitrogens with zero attached hydrogens (tertiary/aromatic N) is 4. The van der Waals surface area contributed by atoms with Crippen LogP contribution < -0.4 is 21.1 Å². The van der Waals surface area contributed by atoms with E-state index in [0.29, 0.717) is 37.6 Å². The number of aliphatic hydroxyl groups is 3. The number of nitrogen functional groups attached to an aromatic ring is 1. The minimum atomic E-state index is -0.800. The Morgan fingerprint density at radius 3 is 2.97 bits per heavy atom. The maximum absolute atomic E-state index is 12.6. The topological polar surface area (TPSA) is 161 Å². The molecule has 0 amide bonds. The second-order valence-electron chi connectivity index (χ2n) is 7.56. The Bertz CT molecular complexity index is 925. The van der Waals surface area contributed by atoms with Crippen molar-refractivity contribution in [3.63, 3.8) is 0 Å². The largest absolute Gasteiger partial charge is 0.394 e. The van der Waals surface area contributed by atoms with Gasteiger partial charge in [-0.1, -0.05) is 6.07 Å². The fraction of sp³-hybridized carbons (Fsp3) is 0.526. The van der Waals surface area contributed by atoms with E-state index in [1.807, 2.05) is 11.0 Å². The summed E-state index contributed by atoms with van der Waals surface area (Å²) in [6.45, 7) is 0.543. The SMILES string of the molecule is Nc1nc2c(c(=O)[nH]1)N(CCCC(O)c1cccnc1)CN2[C@H]1C[C@H](O)[C@@H](CO)O1. The first-order chi connectivity index (χ1) is 14.5. The molecule has 0 aromatic carbocycles. The first-order valence-corrected chi connectivity index (χ1v) is 9.91. The lowest BCUT2D eigenvalue weighted by atomic mass is 10.1. The number of ether oxygens (including phenoxy) is 1. The molecule has 11 nitrogen and oxygen atoms in total. The van der Waals surface area contributed by atoms with Crippen molar-refractivity contribution in [1.29, 1.82) is 0 Å². The maximum atomic E-state index is 12.6. The van der Waals surface area contributed by atoms with Crippen molar-refractivity contribution in [2.75, 3.05) is 35.4 Å². The van der Waals surface area contributed by atoms with Crippen LogP contribution in [-0.2, 0) is 4.74 Å². The van der Waals surface area contributed by atoms with Gasteiger partial charge in [0.25, 0.3) is 5.56 Å². The maximum Gasteiger partial charge on any atom is 0.278 e. The van der Waals surface area contributed by atoms with E-state index in [1.165, 1.54) is 0 Å². The van der Waals surface area contributed by atoms with Crippen molar-refractivity contribution in [1.82, 2.24) is 15.0 Å². The van der Waals surface area contributed by atoms with Gasteiger partial charge in [-0.15, -0.1) is 0 Å². The highest BCUT2D eigenvalue weighted by atomic mass is 16.5. The van der Waals surface area contributed by atoms with Crippen LogP contribution in [0.1, 0.15) is 30.9 Å². The highest BCUT2D eigenvalue weighted by Gasteiger charge is 2.42. The van der Waals surface area contributed by atoms with Crippen LogP contribution in [0.2, 0.25) is 0 Å². The van der Waals surface area contributed by atoms with Gasteiger partial charge < -0.3 is 35.6 Å². The molecule has 1 fully saturated rings. The standard InChI is InChI=1S/C19H26N6O5/c20-19-22-17-16(18(29)23-19)24(6-2-4-12(27)11-3-1-5-21-8-11)10-25(17)15-7-13(28)14(9-26)30-15/h1,3,5,8,12-15,26-28H,2,4,6-7,9-10H2,(H3,20,22,23,29)/t12?,13-,14+,15+/m0/s1. The number of rotatable bonds is 7. The Labute approximate surface area is 172 Å². The highest BCUT2D eigenvalue weighted by Crippen LogP contribution is 2.36. The lowest BCUT2D eigenvalue weighted by Crippen LogP contribution is -2.39. The van der Waals surface area contributed by atoms with E-state index in [0.717, 1.165) is 5.56 Å². The van der Waals surface area contributed by atoms with Gasteiger partial charge in [0.05, 0.1) is 25.5 Å². The third-order valence-corrected chi connectivity index (χ3v) is 5.51. The van der Waals surface area contributed by atoms with E-state index < -0.39 is 24.5 Å². The number of nitrogens with one attached hydrogen (secondary N) is 1. The number of hydrogen-bond donors (Lipinski definition) is 5. The molecule has 0 aliphatic carbocycles. The summed E-state index contributed by atoms with van der Waals surface area (Å²) in [5.41, 5.74) is 6.51. The molecule has 0 bridgehead atoms. The van der Waals surface area contributed by atoms with E-state index in [9.17, 15) is 20.1 Å². The Hall–Kier alpha value is -2.73. The van der Waals surface area contributed by atoms with Gasteiger partial charge in [-0.2, -0.15) is 4.98 Å². The number of aromatic amines is 1. The number of anilines is 3. The molecule has 4 heterocycles. The van der Waals surface area contributed by atoms with E-state index in [1.54, 1.807) is 23.4 Å². The normalized spacial score (nSPS) is 24.3. The van der Waals surface area contributed by atoms with Crippen LogP contribution in [0, 0.1) is 0 Å². The number of nitrogens with two attached hydrogens (primary N) is 1. The Kier molecular flexibility index (Phi) is 5.86. The molecule has 1 unspecified atom stereocenters. The third-order valence-electron chi connectivity index (χ3n) is 5.51. The summed E-state index contributed by atoms with van der Waals surface area (Å²) < 4.78 is 5.75. The second kappa shape index (κ2) is 8.56. The van der Waals surface area contributed by atoms with Crippen molar-refractivity contribution in [3.05, 3.63) is 40.4 Å². The van der Waals surface area contributed by atoms with Gasteiger partial charge in [0, 0.05) is 25.4 Å². The van der Waals surface area contributed by atoms with Gasteiger partial charge in [0.1, 0.15) is 18.0 Å². The molecule has 4 rings (SSSR count). The molecule has 2 aromatic heterocycles. The fourth-order valence-corrected chi connectivity index (χ4v) is 3.98. The first kappa shape index (κ1) is 20.5. The molecule has 0 saturated carbocycles. The quantitative estimate of drug-likeness (QED) is 0.389. The summed E-state index contributed by atoms with van der Waals surface area (Å²) in [7, 11) is 0. The van der Waals surface area contributed by atoms with Gasteiger partial charge in [0.2, 0.25) is 5.95 Å². The van der Waals surface area contributed by atoms with Crippen LogP contribution in [0.25, 0.3) is 0 Å². The highest BCUT2D eigenvalue weighted by molar-refractivity contribution is 5.72. The van der Waals surface area contributed by atoms with Crippen LogP contribution in [0.15, 0.2) is 29.3 Å². The Morgan fingerprint density at radius 1 is 1.43 bits per heavy atom. The summed E-state index contributed by atoms with van der Waals surface area (Å²) >= 11 is 0. The molecule has 4 atom stereocenters. The lowest BCUT2D eigenvalue weighted by molar-refractivity contribution is -0.0220. The minimum absolute atomic E-state index is 0.00477. The summed E-state index contributed by atoms with van der Waals surface area (Å²) in [4.78, 5) is 27.0. The van der Waals surface area contributed by atoms with Gasteiger partial charge in [-0.25, -0.2) is 0 Å². The van der Waals surface area contributed by atoms with E-state index in [2.05, 4.69) is 15.0 Å². The molecule has 11 heteroatoms. The molecule has 30 heavy (non-hydrogen) atoms. The molecule has 162 valence electrons. The molecule has 0 radical (unpaired) electrons. The summed E-state index contributed by atoms with van der Waals surface area (Å²) in [5, 5.41) is 29.8. The molecule has 1 saturated heterocycles. The number of hydrogen-bond acceptors (Lipinski definition) is 10. The van der Waals surface area contributed by atoms with Crippen LogP contribution in [0.5, 0.6) is 0 Å². The number of aromatic nitrogens is 3. The predicted molar refractivity (Wildman–Crippen MR) is 109 cm³/mol. The lowest BCUT2D eigenvalue weighted by Gasteiger charge is -2.26. The van der Waals surface area contributed by atoms with Gasteiger partial charge in [-0.05, 0) is 24.5 Å². The van der Waals surface area contributed by atoms with Crippen LogP contribution in [-0.4, -0.2) is 68.5 Å². The Balaban J connectivity index is 1.48. The summed E-state index contributed by atoms with van der Waals surface area (Å²) in [6.07, 6.45) is 2.05. The first-order valence-electron chi connectivity index (χ1n) is 9.91. The number of H-pyrrole nitrogens is 1. The van der Waals surface area contributed by atoms with E-state index in [-0.39, 0.29) is 24.5 Å². The zero-order valence-corrected chi connectivity index (χ0v) is 16.4. The van der Waals surface area contributed by atoms with Crippen molar-refractivity contribution in [2.45, 2.75) is 43.8 Å². The molecule has 2 aliphatic rings. The van der Waals surface area contributed by atoms with Gasteiger partial charge in [0.15, 0.2) is 5.82 Å². The number of pyridine rings is 1.